The third kappa shape index (κ3) is 2.67. The fourth-order valence-corrected chi connectivity index (χ4v) is 1.76. The predicted molar refractivity (Wildman–Crippen MR) is 59.6 cm³/mol. The zero-order valence-electron chi connectivity index (χ0n) is 8.82. The number of benzene rings is 1. The molecule has 1 aliphatic heterocycles. The summed E-state index contributed by atoms with van der Waals surface area (Å²) in [5.41, 5.74) is 2.53. The van der Waals surface area contributed by atoms with Crippen molar-refractivity contribution >= 4 is 0 Å². The molecule has 0 aliphatic carbocycles. The molecule has 1 heterocycles. The molecule has 1 aliphatic rings. The van der Waals surface area contributed by atoms with Gasteiger partial charge in [-0.25, -0.2) is 0 Å². The van der Waals surface area contributed by atoms with Crippen molar-refractivity contribution in [2.24, 2.45) is 0 Å². The largest absolute Gasteiger partial charge is 0.355 e. The van der Waals surface area contributed by atoms with Gasteiger partial charge in [-0.2, -0.15) is 0 Å². The van der Waals surface area contributed by atoms with E-state index in [2.05, 4.69) is 30.8 Å². The van der Waals surface area contributed by atoms with E-state index in [0.29, 0.717) is 6.79 Å². The van der Waals surface area contributed by atoms with Crippen LogP contribution in [0.4, 0.5) is 0 Å². The second kappa shape index (κ2) is 5.10. The molecule has 1 aromatic rings. The van der Waals surface area contributed by atoms with Crippen LogP contribution in [0.15, 0.2) is 36.9 Å². The van der Waals surface area contributed by atoms with Crippen molar-refractivity contribution in [2.75, 3.05) is 13.4 Å². The van der Waals surface area contributed by atoms with Crippen LogP contribution in [0.3, 0.4) is 0 Å². The Balaban J connectivity index is 2.04. The lowest BCUT2D eigenvalue weighted by Crippen LogP contribution is -2.16. The van der Waals surface area contributed by atoms with Crippen LogP contribution in [0.25, 0.3) is 0 Å². The summed E-state index contributed by atoms with van der Waals surface area (Å²) in [7, 11) is 0. The number of ether oxygens (including phenoxy) is 2. The molecule has 1 aromatic carbocycles. The molecule has 2 heteroatoms. The normalized spacial score (nSPS) is 21.2. The third-order valence-corrected chi connectivity index (χ3v) is 2.61. The van der Waals surface area contributed by atoms with Crippen LogP contribution in [-0.4, -0.2) is 13.4 Å². The van der Waals surface area contributed by atoms with Gasteiger partial charge < -0.3 is 9.47 Å². The molecular weight excluding hydrogens is 188 g/mol. The van der Waals surface area contributed by atoms with E-state index in [1.165, 1.54) is 11.1 Å². The molecule has 0 saturated carbocycles. The molecule has 0 bridgehead atoms. The van der Waals surface area contributed by atoms with Gasteiger partial charge in [0.25, 0.3) is 0 Å². The minimum atomic E-state index is 0.205. The molecule has 0 spiro atoms. The van der Waals surface area contributed by atoms with Gasteiger partial charge in [0.05, 0.1) is 12.7 Å². The maximum Gasteiger partial charge on any atom is 0.147 e. The maximum absolute atomic E-state index is 5.52. The van der Waals surface area contributed by atoms with Crippen molar-refractivity contribution in [3.63, 3.8) is 0 Å². The molecule has 0 N–H and O–H groups in total. The first-order chi connectivity index (χ1) is 7.40. The van der Waals surface area contributed by atoms with E-state index in [4.69, 9.17) is 9.47 Å². The number of rotatable bonds is 3. The molecule has 0 amide bonds. The minimum Gasteiger partial charge on any atom is -0.355 e. The first-order valence-electron chi connectivity index (χ1n) is 5.29. The highest BCUT2D eigenvalue weighted by Crippen LogP contribution is 2.24. The summed E-state index contributed by atoms with van der Waals surface area (Å²) < 4.78 is 10.7. The Labute approximate surface area is 90.5 Å². The molecule has 2 nitrogen and oxygen atoms in total. The Kier molecular flexibility index (Phi) is 3.54. The lowest BCUT2D eigenvalue weighted by Gasteiger charge is -2.23. The van der Waals surface area contributed by atoms with Gasteiger partial charge in [-0.15, -0.1) is 6.58 Å². The molecule has 80 valence electrons. The summed E-state index contributed by atoms with van der Waals surface area (Å²) in [6.45, 7) is 4.93. The van der Waals surface area contributed by atoms with Crippen LogP contribution in [0.2, 0.25) is 0 Å². The summed E-state index contributed by atoms with van der Waals surface area (Å²) >= 11 is 0. The Bertz CT molecular complexity index is 310. The highest BCUT2D eigenvalue weighted by molar-refractivity contribution is 5.25. The highest BCUT2D eigenvalue weighted by atomic mass is 16.7. The van der Waals surface area contributed by atoms with Gasteiger partial charge in [0, 0.05) is 6.42 Å². The van der Waals surface area contributed by atoms with Gasteiger partial charge in [0.2, 0.25) is 0 Å². The van der Waals surface area contributed by atoms with Gasteiger partial charge in [0.1, 0.15) is 6.79 Å². The Hall–Kier alpha value is -1.12. The topological polar surface area (TPSA) is 18.5 Å². The quantitative estimate of drug-likeness (QED) is 0.705. The van der Waals surface area contributed by atoms with Gasteiger partial charge in [-0.1, -0.05) is 30.3 Å². The average Bonchev–Trinajstić information content (AvgIpc) is 2.32. The second-order valence-electron chi connectivity index (χ2n) is 3.70. The average molecular weight is 204 g/mol. The molecule has 1 saturated heterocycles. The van der Waals surface area contributed by atoms with E-state index in [0.717, 1.165) is 19.4 Å². The summed E-state index contributed by atoms with van der Waals surface area (Å²) in [5, 5.41) is 0. The molecule has 2 rings (SSSR count). The second-order valence-corrected chi connectivity index (χ2v) is 3.70. The Morgan fingerprint density at radius 1 is 1.33 bits per heavy atom. The first-order valence-corrected chi connectivity index (χ1v) is 5.29. The summed E-state index contributed by atoms with van der Waals surface area (Å²) in [5.74, 6) is 0. The highest BCUT2D eigenvalue weighted by Gasteiger charge is 2.15. The lowest BCUT2D eigenvalue weighted by molar-refractivity contribution is -0.140. The monoisotopic (exact) mass is 204 g/mol. The molecule has 0 aromatic heterocycles. The Morgan fingerprint density at radius 3 is 2.73 bits per heavy atom. The molecule has 15 heavy (non-hydrogen) atoms. The van der Waals surface area contributed by atoms with E-state index >= 15 is 0 Å². The van der Waals surface area contributed by atoms with Crippen molar-refractivity contribution in [1.82, 2.24) is 0 Å². The molecule has 0 unspecified atom stereocenters. The number of hydrogen-bond acceptors (Lipinski definition) is 2. The SMILES string of the molecule is C=CCc1ccc([C@H]2CCOCO2)cc1. The van der Waals surface area contributed by atoms with E-state index in [-0.39, 0.29) is 6.10 Å². The van der Waals surface area contributed by atoms with E-state index in [9.17, 15) is 0 Å². The van der Waals surface area contributed by atoms with Crippen LogP contribution < -0.4 is 0 Å². The summed E-state index contributed by atoms with van der Waals surface area (Å²) in [6, 6.07) is 8.54. The van der Waals surface area contributed by atoms with Crippen LogP contribution in [0.1, 0.15) is 23.7 Å². The van der Waals surface area contributed by atoms with Gasteiger partial charge in [-0.05, 0) is 17.5 Å². The zero-order valence-corrected chi connectivity index (χ0v) is 8.82. The van der Waals surface area contributed by atoms with Crippen LogP contribution in [0.5, 0.6) is 0 Å². The van der Waals surface area contributed by atoms with Crippen molar-refractivity contribution < 1.29 is 9.47 Å². The molecule has 0 radical (unpaired) electrons. The fourth-order valence-electron chi connectivity index (χ4n) is 1.76. The van der Waals surface area contributed by atoms with Crippen molar-refractivity contribution in [3.8, 4) is 0 Å². The Morgan fingerprint density at radius 2 is 2.13 bits per heavy atom. The van der Waals surface area contributed by atoms with Crippen molar-refractivity contribution in [2.45, 2.75) is 18.9 Å². The van der Waals surface area contributed by atoms with Gasteiger partial charge >= 0.3 is 0 Å². The molecule has 1 fully saturated rings. The first kappa shape index (κ1) is 10.4. The fraction of sp³-hybridized carbons (Fsp3) is 0.385. The van der Waals surface area contributed by atoms with Crippen LogP contribution >= 0.6 is 0 Å². The predicted octanol–water partition coefficient (Wildman–Crippen LogP) is 2.85. The number of hydrogen-bond donors (Lipinski definition) is 0. The summed E-state index contributed by atoms with van der Waals surface area (Å²) in [4.78, 5) is 0. The van der Waals surface area contributed by atoms with Crippen molar-refractivity contribution in [1.29, 1.82) is 0 Å². The molecular formula is C13H16O2. The smallest absolute Gasteiger partial charge is 0.147 e. The number of allylic oxidation sites excluding steroid dienone is 1. The minimum absolute atomic E-state index is 0.205. The third-order valence-electron chi connectivity index (χ3n) is 2.61. The van der Waals surface area contributed by atoms with Crippen LogP contribution in [0, 0.1) is 0 Å². The van der Waals surface area contributed by atoms with E-state index < -0.39 is 0 Å². The summed E-state index contributed by atoms with van der Waals surface area (Å²) in [6.07, 6.45) is 3.99. The zero-order chi connectivity index (χ0) is 10.5. The molecule has 1 atom stereocenters. The standard InChI is InChI=1S/C13H16O2/c1-2-3-11-4-6-12(7-5-11)13-8-9-14-10-15-13/h2,4-7,13H,1,3,8-10H2/t13-/m1/s1. The van der Waals surface area contributed by atoms with Crippen LogP contribution in [-0.2, 0) is 15.9 Å². The van der Waals surface area contributed by atoms with Gasteiger partial charge in [-0.3, -0.25) is 0 Å². The van der Waals surface area contributed by atoms with Crippen molar-refractivity contribution in [3.05, 3.63) is 48.0 Å². The lowest BCUT2D eigenvalue weighted by atomic mass is 10.0. The van der Waals surface area contributed by atoms with Gasteiger partial charge in [0.15, 0.2) is 0 Å². The van der Waals surface area contributed by atoms with E-state index in [1.54, 1.807) is 0 Å². The maximum atomic E-state index is 5.52. The van der Waals surface area contributed by atoms with E-state index in [1.807, 2.05) is 6.08 Å².